The zero-order valence-electron chi connectivity index (χ0n) is 15.6. The van der Waals surface area contributed by atoms with Crippen LogP contribution < -0.4 is 4.74 Å². The van der Waals surface area contributed by atoms with E-state index in [9.17, 15) is 13.6 Å². The second-order valence-electron chi connectivity index (χ2n) is 7.23. The van der Waals surface area contributed by atoms with E-state index in [1.807, 2.05) is 0 Å². The number of halogens is 2. The van der Waals surface area contributed by atoms with Gasteiger partial charge in [-0.05, 0) is 50.9 Å². The van der Waals surface area contributed by atoms with Crippen molar-refractivity contribution in [2.45, 2.75) is 38.3 Å². The molecule has 0 spiro atoms. The maximum Gasteiger partial charge on any atom is 0.275 e. The van der Waals surface area contributed by atoms with Crippen molar-refractivity contribution >= 4 is 5.91 Å². The Morgan fingerprint density at radius 3 is 2.68 bits per heavy atom. The molecule has 150 valence electrons. The van der Waals surface area contributed by atoms with Crippen molar-refractivity contribution in [2.75, 3.05) is 26.2 Å². The number of hydrogen-bond acceptors (Lipinski definition) is 5. The lowest BCUT2D eigenvalue weighted by atomic mass is 10.0. The topological polar surface area (TPSA) is 58.8 Å². The van der Waals surface area contributed by atoms with E-state index in [2.05, 4.69) is 9.88 Å². The summed E-state index contributed by atoms with van der Waals surface area (Å²) in [5, 5.41) is 0. The summed E-state index contributed by atoms with van der Waals surface area (Å²) in [5.41, 5.74) is 0.206. The quantitative estimate of drug-likeness (QED) is 0.783. The van der Waals surface area contributed by atoms with Crippen molar-refractivity contribution in [3.63, 3.8) is 0 Å². The Morgan fingerprint density at radius 2 is 1.93 bits per heavy atom. The largest absolute Gasteiger partial charge is 0.481 e. The van der Waals surface area contributed by atoms with Gasteiger partial charge in [0.05, 0.1) is 0 Å². The van der Waals surface area contributed by atoms with Crippen LogP contribution in [-0.4, -0.2) is 52.9 Å². The highest BCUT2D eigenvalue weighted by Crippen LogP contribution is 2.23. The van der Waals surface area contributed by atoms with Gasteiger partial charge in [0.2, 0.25) is 11.7 Å². The standard InChI is InChI=1S/C20H23F2N3O3/c21-15-4-3-5-17(19(15)22)27-13-18-23-16(12-28-18)20(26)25-10-6-14(7-11-25)24-8-1-2-9-24/h3-5,12,14H,1-2,6-11,13H2. The Balaban J connectivity index is 1.31. The van der Waals surface area contributed by atoms with Crippen LogP contribution in [-0.2, 0) is 6.61 Å². The SMILES string of the molecule is O=C(c1coc(COc2cccc(F)c2F)n1)N1CCC(N2CCCC2)CC1. The van der Waals surface area contributed by atoms with Gasteiger partial charge in [0.15, 0.2) is 23.9 Å². The number of piperidine rings is 1. The lowest BCUT2D eigenvalue weighted by Crippen LogP contribution is -2.46. The van der Waals surface area contributed by atoms with Gasteiger partial charge in [-0.3, -0.25) is 4.79 Å². The Hall–Kier alpha value is -2.48. The molecule has 8 heteroatoms. The maximum atomic E-state index is 13.6. The van der Waals surface area contributed by atoms with Gasteiger partial charge in [0.1, 0.15) is 6.26 Å². The minimum absolute atomic E-state index is 0.138. The van der Waals surface area contributed by atoms with Crippen LogP contribution in [0.15, 0.2) is 28.9 Å². The second-order valence-corrected chi connectivity index (χ2v) is 7.23. The molecule has 3 heterocycles. The molecule has 1 amide bonds. The fourth-order valence-electron chi connectivity index (χ4n) is 3.91. The van der Waals surface area contributed by atoms with Crippen LogP contribution in [0.3, 0.4) is 0 Å². The molecule has 1 aromatic carbocycles. The Kier molecular flexibility index (Phi) is 5.57. The zero-order valence-corrected chi connectivity index (χ0v) is 15.6. The third-order valence-corrected chi connectivity index (χ3v) is 5.45. The average molecular weight is 391 g/mol. The molecule has 0 bridgehead atoms. The van der Waals surface area contributed by atoms with E-state index in [0.29, 0.717) is 19.1 Å². The summed E-state index contributed by atoms with van der Waals surface area (Å²) in [4.78, 5) is 21.1. The van der Waals surface area contributed by atoms with E-state index >= 15 is 0 Å². The molecule has 2 aliphatic rings. The van der Waals surface area contributed by atoms with Crippen LogP contribution in [0.1, 0.15) is 42.1 Å². The molecule has 6 nitrogen and oxygen atoms in total. The molecular weight excluding hydrogens is 368 g/mol. The molecule has 0 N–H and O–H groups in total. The first-order valence-electron chi connectivity index (χ1n) is 9.66. The summed E-state index contributed by atoms with van der Waals surface area (Å²) in [7, 11) is 0. The number of carbonyl (C=O) groups is 1. The van der Waals surface area contributed by atoms with Gasteiger partial charge < -0.3 is 19.0 Å². The Bertz CT molecular complexity index is 828. The number of ether oxygens (including phenoxy) is 1. The van der Waals surface area contributed by atoms with Crippen LogP contribution >= 0.6 is 0 Å². The second kappa shape index (κ2) is 8.26. The number of carbonyl (C=O) groups excluding carboxylic acids is 1. The molecule has 2 saturated heterocycles. The third kappa shape index (κ3) is 4.01. The summed E-state index contributed by atoms with van der Waals surface area (Å²) in [6.07, 6.45) is 5.76. The molecule has 1 aromatic heterocycles. The molecule has 0 radical (unpaired) electrons. The molecular formula is C20H23F2N3O3. The summed E-state index contributed by atoms with van der Waals surface area (Å²) in [6.45, 7) is 3.54. The molecule has 2 aliphatic heterocycles. The van der Waals surface area contributed by atoms with Gasteiger partial charge >= 0.3 is 0 Å². The van der Waals surface area contributed by atoms with Crippen molar-refractivity contribution in [3.05, 3.63) is 47.7 Å². The number of nitrogens with zero attached hydrogens (tertiary/aromatic N) is 3. The zero-order chi connectivity index (χ0) is 19.5. The van der Waals surface area contributed by atoms with E-state index in [4.69, 9.17) is 9.15 Å². The highest BCUT2D eigenvalue weighted by Gasteiger charge is 2.29. The van der Waals surface area contributed by atoms with E-state index in [1.54, 1.807) is 4.90 Å². The van der Waals surface area contributed by atoms with Gasteiger partial charge in [0.25, 0.3) is 5.91 Å². The summed E-state index contributed by atoms with van der Waals surface area (Å²) >= 11 is 0. The first-order chi connectivity index (χ1) is 13.6. The summed E-state index contributed by atoms with van der Waals surface area (Å²) < 4.78 is 37.3. The predicted octanol–water partition coefficient (Wildman–Crippen LogP) is 3.23. The first kappa shape index (κ1) is 18.9. The highest BCUT2D eigenvalue weighted by atomic mass is 19.2. The van der Waals surface area contributed by atoms with Crippen molar-refractivity contribution in [1.29, 1.82) is 0 Å². The minimum atomic E-state index is -1.06. The van der Waals surface area contributed by atoms with Crippen molar-refractivity contribution in [1.82, 2.24) is 14.8 Å². The van der Waals surface area contributed by atoms with Crippen LogP contribution in [0.2, 0.25) is 0 Å². The first-order valence-corrected chi connectivity index (χ1v) is 9.66. The normalized spacial score (nSPS) is 18.6. The average Bonchev–Trinajstić information content (AvgIpc) is 3.41. The number of oxazole rings is 1. The number of amides is 1. The number of likely N-dealkylation sites (tertiary alicyclic amines) is 2. The van der Waals surface area contributed by atoms with Gasteiger partial charge in [-0.15, -0.1) is 0 Å². The predicted molar refractivity (Wildman–Crippen MR) is 96.9 cm³/mol. The molecule has 0 saturated carbocycles. The fraction of sp³-hybridized carbons (Fsp3) is 0.500. The Labute approximate surface area is 162 Å². The number of aromatic nitrogens is 1. The van der Waals surface area contributed by atoms with Crippen LogP contribution in [0, 0.1) is 11.6 Å². The Morgan fingerprint density at radius 1 is 1.18 bits per heavy atom. The van der Waals surface area contributed by atoms with Crippen molar-refractivity contribution in [3.8, 4) is 5.75 Å². The van der Waals surface area contributed by atoms with Crippen LogP contribution in [0.25, 0.3) is 0 Å². The van der Waals surface area contributed by atoms with Gasteiger partial charge in [-0.1, -0.05) is 6.07 Å². The minimum Gasteiger partial charge on any atom is -0.481 e. The third-order valence-electron chi connectivity index (χ3n) is 5.45. The molecule has 0 unspecified atom stereocenters. The van der Waals surface area contributed by atoms with E-state index in [1.165, 1.54) is 31.2 Å². The fourth-order valence-corrected chi connectivity index (χ4v) is 3.91. The van der Waals surface area contributed by atoms with Gasteiger partial charge in [-0.25, -0.2) is 9.37 Å². The van der Waals surface area contributed by atoms with E-state index in [0.717, 1.165) is 32.0 Å². The smallest absolute Gasteiger partial charge is 0.275 e. The van der Waals surface area contributed by atoms with Gasteiger partial charge in [0, 0.05) is 19.1 Å². The molecule has 2 aromatic rings. The summed E-state index contributed by atoms with van der Waals surface area (Å²) in [5.74, 6) is -2.31. The lowest BCUT2D eigenvalue weighted by molar-refractivity contribution is 0.0638. The lowest BCUT2D eigenvalue weighted by Gasteiger charge is -2.36. The molecule has 2 fully saturated rings. The molecule has 4 rings (SSSR count). The highest BCUT2D eigenvalue weighted by molar-refractivity contribution is 5.92. The van der Waals surface area contributed by atoms with Crippen molar-refractivity contribution < 1.29 is 22.7 Å². The van der Waals surface area contributed by atoms with Gasteiger partial charge in [-0.2, -0.15) is 4.39 Å². The molecule has 0 aliphatic carbocycles. The van der Waals surface area contributed by atoms with E-state index in [-0.39, 0.29) is 29.8 Å². The molecule has 0 atom stereocenters. The van der Waals surface area contributed by atoms with Crippen LogP contribution in [0.5, 0.6) is 5.75 Å². The monoisotopic (exact) mass is 391 g/mol. The van der Waals surface area contributed by atoms with Crippen LogP contribution in [0.4, 0.5) is 8.78 Å². The maximum absolute atomic E-state index is 13.6. The number of hydrogen-bond donors (Lipinski definition) is 0. The number of rotatable bonds is 5. The van der Waals surface area contributed by atoms with E-state index < -0.39 is 11.6 Å². The molecule has 28 heavy (non-hydrogen) atoms. The summed E-state index contributed by atoms with van der Waals surface area (Å²) in [6, 6.07) is 4.24. The number of benzene rings is 1. The van der Waals surface area contributed by atoms with Crippen molar-refractivity contribution in [2.24, 2.45) is 0 Å².